The van der Waals surface area contributed by atoms with Crippen LogP contribution < -0.4 is 15.8 Å². The third kappa shape index (κ3) is 4.46. The molecule has 0 spiro atoms. The molecule has 0 radical (unpaired) electrons. The summed E-state index contributed by atoms with van der Waals surface area (Å²) in [5.41, 5.74) is 7.96. The highest BCUT2D eigenvalue weighted by atomic mass is 19.1. The summed E-state index contributed by atoms with van der Waals surface area (Å²) in [7, 11) is 0. The zero-order valence-corrected chi connectivity index (χ0v) is 18.4. The lowest BCUT2D eigenvalue weighted by molar-refractivity contribution is 0.0646. The molecule has 0 bridgehead atoms. The molecule has 3 aromatic heterocycles. The second kappa shape index (κ2) is 9.18. The van der Waals surface area contributed by atoms with E-state index in [0.29, 0.717) is 41.5 Å². The third-order valence-electron chi connectivity index (χ3n) is 5.60. The van der Waals surface area contributed by atoms with Gasteiger partial charge >= 0.3 is 6.01 Å². The Labute approximate surface area is 198 Å². The van der Waals surface area contributed by atoms with E-state index in [0.717, 1.165) is 18.9 Å². The van der Waals surface area contributed by atoms with E-state index in [1.54, 1.807) is 36.0 Å². The van der Waals surface area contributed by atoms with Crippen LogP contribution in [0.3, 0.4) is 0 Å². The number of nitrogens with two attached hydrogens (primary N) is 1. The fourth-order valence-corrected chi connectivity index (χ4v) is 3.94. The molecule has 1 fully saturated rings. The molecule has 182 valence electrons. The second-order valence-electron chi connectivity index (χ2n) is 8.05. The number of anilines is 2. The lowest BCUT2D eigenvalue weighted by Crippen LogP contribution is -2.18. The molecule has 0 saturated carbocycles. The van der Waals surface area contributed by atoms with Gasteiger partial charge in [-0.15, -0.1) is 5.10 Å². The number of nitrogens with one attached hydrogen (secondary N) is 1. The minimum atomic E-state index is -0.653. The van der Waals surface area contributed by atoms with Gasteiger partial charge in [-0.05, 0) is 31.9 Å². The number of halogens is 2. The Morgan fingerprint density at radius 2 is 2.21 bits per heavy atom. The van der Waals surface area contributed by atoms with E-state index >= 15 is 0 Å². The lowest BCUT2D eigenvalue weighted by atomic mass is 10.1. The monoisotopic (exact) mass is 473 g/mol. The standard InChI is InChI=1S/C23H23F2N7O2.3H2/c1-13(16-6-5-14(24)10-17(16)25)28-19-11-18(20-21(26)31-32-8-3-7-27-22(20)32)29-23(30-19)34-12-15-4-2-9-33-15;;;/h3,5-8,10-11,13,15H,2,4,9,12H2,1H3,(H2,26,31)(H,28,29,30);3*1H/t13-,15?;;;/m0.../s1. The summed E-state index contributed by atoms with van der Waals surface area (Å²) in [4.78, 5) is 13.3. The smallest absolute Gasteiger partial charge is 0.319 e. The Balaban J connectivity index is 0.00000160. The van der Waals surface area contributed by atoms with Crippen LogP contribution in [0.15, 0.2) is 42.7 Å². The largest absolute Gasteiger partial charge is 0.461 e. The number of benzene rings is 1. The Morgan fingerprint density at radius 3 is 3.00 bits per heavy atom. The number of nitrogen functional groups attached to an aromatic ring is 1. The summed E-state index contributed by atoms with van der Waals surface area (Å²) in [5, 5.41) is 7.43. The van der Waals surface area contributed by atoms with E-state index in [-0.39, 0.29) is 22.2 Å². The van der Waals surface area contributed by atoms with Crippen molar-refractivity contribution in [2.24, 2.45) is 0 Å². The number of hydrogen-bond donors (Lipinski definition) is 2. The number of aromatic nitrogens is 5. The van der Waals surface area contributed by atoms with Gasteiger partial charge in [-0.25, -0.2) is 18.3 Å². The average Bonchev–Trinajstić information content (AvgIpc) is 3.44. The molecule has 1 aliphatic rings. The summed E-state index contributed by atoms with van der Waals surface area (Å²) in [6.45, 7) is 2.75. The molecule has 2 atom stereocenters. The number of rotatable bonds is 7. The van der Waals surface area contributed by atoms with E-state index in [1.807, 2.05) is 0 Å². The van der Waals surface area contributed by atoms with E-state index < -0.39 is 17.7 Å². The predicted octanol–water partition coefficient (Wildman–Crippen LogP) is 4.52. The molecular formula is C23H29F2N7O2. The van der Waals surface area contributed by atoms with Crippen LogP contribution in [0, 0.1) is 11.6 Å². The zero-order chi connectivity index (χ0) is 23.7. The van der Waals surface area contributed by atoms with Crippen molar-refractivity contribution in [3.8, 4) is 17.3 Å². The maximum Gasteiger partial charge on any atom is 0.319 e. The highest BCUT2D eigenvalue weighted by Crippen LogP contribution is 2.31. The third-order valence-corrected chi connectivity index (χ3v) is 5.60. The molecule has 5 rings (SSSR count). The minimum absolute atomic E-state index is 0. The van der Waals surface area contributed by atoms with Gasteiger partial charge in [0, 0.05) is 41.0 Å². The summed E-state index contributed by atoms with van der Waals surface area (Å²) >= 11 is 0. The lowest BCUT2D eigenvalue weighted by Gasteiger charge is -2.17. The van der Waals surface area contributed by atoms with Gasteiger partial charge in [-0.1, -0.05) is 6.07 Å². The first-order valence-electron chi connectivity index (χ1n) is 10.9. The Hall–Kier alpha value is -3.86. The number of fused-ring (bicyclic) bond motifs is 1. The van der Waals surface area contributed by atoms with Gasteiger partial charge in [-0.2, -0.15) is 9.97 Å². The van der Waals surface area contributed by atoms with Crippen LogP contribution in [0.1, 0.15) is 35.7 Å². The van der Waals surface area contributed by atoms with Crippen LogP contribution in [0.2, 0.25) is 0 Å². The van der Waals surface area contributed by atoms with Crippen molar-refractivity contribution in [2.45, 2.75) is 31.9 Å². The molecule has 1 unspecified atom stereocenters. The van der Waals surface area contributed by atoms with Crippen LogP contribution in [0.25, 0.3) is 16.9 Å². The fourth-order valence-electron chi connectivity index (χ4n) is 3.94. The molecule has 0 aliphatic carbocycles. The van der Waals surface area contributed by atoms with Crippen LogP contribution in [-0.4, -0.2) is 43.9 Å². The summed E-state index contributed by atoms with van der Waals surface area (Å²) < 4.78 is 40.7. The van der Waals surface area contributed by atoms with Crippen molar-refractivity contribution in [3.05, 3.63) is 59.9 Å². The molecule has 0 amide bonds. The molecule has 34 heavy (non-hydrogen) atoms. The summed E-state index contributed by atoms with van der Waals surface area (Å²) in [5.74, 6) is -0.678. The fraction of sp³-hybridized carbons (Fsp3) is 0.304. The van der Waals surface area contributed by atoms with Crippen molar-refractivity contribution in [1.29, 1.82) is 0 Å². The molecule has 3 N–H and O–H groups in total. The van der Waals surface area contributed by atoms with Crippen LogP contribution in [0.5, 0.6) is 6.01 Å². The molecule has 1 aliphatic heterocycles. The Bertz CT molecular complexity index is 1340. The maximum atomic E-state index is 14.3. The first kappa shape index (κ1) is 22.0. The van der Waals surface area contributed by atoms with Gasteiger partial charge in [-0.3, -0.25) is 0 Å². The topological polar surface area (TPSA) is 112 Å². The molecule has 11 heteroatoms. The van der Waals surface area contributed by atoms with Gasteiger partial charge in [0.2, 0.25) is 0 Å². The van der Waals surface area contributed by atoms with Gasteiger partial charge in [0.1, 0.15) is 24.1 Å². The van der Waals surface area contributed by atoms with E-state index in [1.165, 1.54) is 12.1 Å². The molecule has 1 saturated heterocycles. The quantitative estimate of drug-likeness (QED) is 0.403. The van der Waals surface area contributed by atoms with Crippen LogP contribution >= 0.6 is 0 Å². The number of hydrogen-bond acceptors (Lipinski definition) is 8. The first-order chi connectivity index (χ1) is 16.5. The second-order valence-corrected chi connectivity index (χ2v) is 8.05. The molecule has 9 nitrogen and oxygen atoms in total. The van der Waals surface area contributed by atoms with Gasteiger partial charge in [0.25, 0.3) is 0 Å². The Kier molecular flexibility index (Phi) is 5.93. The van der Waals surface area contributed by atoms with Crippen molar-refractivity contribution in [2.75, 3.05) is 24.3 Å². The van der Waals surface area contributed by atoms with Crippen molar-refractivity contribution < 1.29 is 22.5 Å². The van der Waals surface area contributed by atoms with Crippen molar-refractivity contribution in [3.63, 3.8) is 0 Å². The zero-order valence-electron chi connectivity index (χ0n) is 18.4. The van der Waals surface area contributed by atoms with Gasteiger partial charge in [0.15, 0.2) is 11.5 Å². The molecular weight excluding hydrogens is 444 g/mol. The summed E-state index contributed by atoms with van der Waals surface area (Å²) in [6, 6.07) is 6.45. The van der Waals surface area contributed by atoms with E-state index in [2.05, 4.69) is 25.4 Å². The highest BCUT2D eigenvalue weighted by Gasteiger charge is 2.21. The normalized spacial score (nSPS) is 16.6. The summed E-state index contributed by atoms with van der Waals surface area (Å²) in [6.07, 6.45) is 5.22. The molecule has 4 aromatic rings. The minimum Gasteiger partial charge on any atom is -0.461 e. The average molecular weight is 474 g/mol. The highest BCUT2D eigenvalue weighted by molar-refractivity contribution is 5.85. The van der Waals surface area contributed by atoms with E-state index in [9.17, 15) is 8.78 Å². The van der Waals surface area contributed by atoms with Crippen molar-refractivity contribution >= 4 is 17.3 Å². The number of nitrogens with zero attached hydrogens (tertiary/aromatic N) is 5. The van der Waals surface area contributed by atoms with Crippen LogP contribution in [0.4, 0.5) is 20.4 Å². The Morgan fingerprint density at radius 1 is 1.32 bits per heavy atom. The predicted molar refractivity (Wildman–Crippen MR) is 128 cm³/mol. The maximum absolute atomic E-state index is 14.3. The molecule has 1 aromatic carbocycles. The van der Waals surface area contributed by atoms with Crippen LogP contribution in [-0.2, 0) is 4.74 Å². The first-order valence-corrected chi connectivity index (χ1v) is 10.9. The van der Waals surface area contributed by atoms with Gasteiger partial charge in [0.05, 0.1) is 23.4 Å². The van der Waals surface area contributed by atoms with Gasteiger partial charge < -0.3 is 20.5 Å². The molecule has 4 heterocycles. The van der Waals surface area contributed by atoms with E-state index in [4.69, 9.17) is 15.2 Å². The number of ether oxygens (including phenoxy) is 2. The van der Waals surface area contributed by atoms with Crippen molar-refractivity contribution in [1.82, 2.24) is 24.6 Å². The SMILES string of the molecule is C[C@H](Nc1cc(-c2c(N)nn3cccnc23)nc(OCC2CCCO2)n1)c1ccc(F)cc1F.[HH].[HH].[HH].